The lowest BCUT2D eigenvalue weighted by atomic mass is 10.3. The van der Waals surface area contributed by atoms with E-state index in [0.29, 0.717) is 16.4 Å². The molecule has 0 unspecified atom stereocenters. The van der Waals surface area contributed by atoms with E-state index in [4.69, 9.17) is 11.6 Å². The molecule has 0 saturated carbocycles. The minimum Gasteiger partial charge on any atom is -0.323 e. The van der Waals surface area contributed by atoms with Crippen LogP contribution in [-0.2, 0) is 4.79 Å². The van der Waals surface area contributed by atoms with Gasteiger partial charge in [0.1, 0.15) is 0 Å². The number of hydrogen-bond acceptors (Lipinski definition) is 3. The molecule has 0 spiro atoms. The number of rotatable bonds is 3. The summed E-state index contributed by atoms with van der Waals surface area (Å²) < 4.78 is 0. The van der Waals surface area contributed by atoms with Gasteiger partial charge < -0.3 is 5.32 Å². The second kappa shape index (κ2) is 6.37. The normalized spacial score (nSPS) is 11.0. The molecule has 3 aromatic rings. The van der Waals surface area contributed by atoms with E-state index in [1.54, 1.807) is 36.5 Å². The third-order valence-electron chi connectivity index (χ3n) is 2.98. The van der Waals surface area contributed by atoms with Gasteiger partial charge in [0.2, 0.25) is 5.91 Å². The molecule has 5 heteroatoms. The molecule has 22 heavy (non-hydrogen) atoms. The summed E-state index contributed by atoms with van der Waals surface area (Å²) in [6.45, 7) is 0. The van der Waals surface area contributed by atoms with Gasteiger partial charge >= 0.3 is 0 Å². The highest BCUT2D eigenvalue weighted by Gasteiger charge is 1.99. The molecule has 1 aromatic heterocycles. The molecular weight excluding hydrogens is 298 g/mol. The summed E-state index contributed by atoms with van der Waals surface area (Å²) in [6.07, 6.45) is 4.69. The molecule has 4 nitrogen and oxygen atoms in total. The predicted molar refractivity (Wildman–Crippen MR) is 88.7 cm³/mol. The van der Waals surface area contributed by atoms with Crippen molar-refractivity contribution in [3.63, 3.8) is 0 Å². The van der Waals surface area contributed by atoms with Crippen LogP contribution in [-0.4, -0.2) is 15.9 Å². The summed E-state index contributed by atoms with van der Waals surface area (Å²) in [5, 5.41) is 3.37. The number of para-hydroxylation sites is 2. The first-order valence-electron chi connectivity index (χ1n) is 6.67. The Morgan fingerprint density at radius 2 is 1.77 bits per heavy atom. The van der Waals surface area contributed by atoms with Crippen LogP contribution in [0.5, 0.6) is 0 Å². The third kappa shape index (κ3) is 3.48. The number of aromatic nitrogens is 2. The smallest absolute Gasteiger partial charge is 0.248 e. The Bertz CT molecular complexity index is 844. The first kappa shape index (κ1) is 14.2. The Kier molecular flexibility index (Phi) is 4.12. The van der Waals surface area contributed by atoms with E-state index in [0.717, 1.165) is 11.0 Å². The van der Waals surface area contributed by atoms with E-state index in [-0.39, 0.29) is 5.91 Å². The maximum absolute atomic E-state index is 11.9. The summed E-state index contributed by atoms with van der Waals surface area (Å²) in [5.41, 5.74) is 2.93. The minimum absolute atomic E-state index is 0.239. The van der Waals surface area contributed by atoms with Crippen molar-refractivity contribution in [2.24, 2.45) is 0 Å². The standard InChI is InChI=1S/C17H12ClN3O/c18-12-5-7-13(8-6-12)21-17(22)10-9-14-11-19-15-3-1-2-4-16(15)20-14/h1-11H,(H,21,22)/b10-9+. The molecule has 0 fully saturated rings. The topological polar surface area (TPSA) is 54.9 Å². The maximum atomic E-state index is 11.9. The first-order valence-corrected chi connectivity index (χ1v) is 7.05. The molecule has 0 bridgehead atoms. The lowest BCUT2D eigenvalue weighted by Crippen LogP contribution is -2.07. The van der Waals surface area contributed by atoms with Gasteiger partial charge in [-0.25, -0.2) is 4.98 Å². The van der Waals surface area contributed by atoms with Gasteiger partial charge in [0.05, 0.1) is 22.9 Å². The second-order valence-electron chi connectivity index (χ2n) is 4.61. The highest BCUT2D eigenvalue weighted by molar-refractivity contribution is 6.30. The van der Waals surface area contributed by atoms with E-state index < -0.39 is 0 Å². The van der Waals surface area contributed by atoms with Crippen molar-refractivity contribution in [2.75, 3.05) is 5.32 Å². The number of benzene rings is 2. The SMILES string of the molecule is O=C(/C=C/c1cnc2ccccc2n1)Nc1ccc(Cl)cc1. The van der Waals surface area contributed by atoms with Crippen LogP contribution in [0.2, 0.25) is 5.02 Å². The van der Waals surface area contributed by atoms with Crippen molar-refractivity contribution in [3.8, 4) is 0 Å². The number of carbonyl (C=O) groups is 1. The van der Waals surface area contributed by atoms with Crippen molar-refractivity contribution in [1.29, 1.82) is 0 Å². The zero-order chi connectivity index (χ0) is 15.4. The van der Waals surface area contributed by atoms with Crippen LogP contribution in [0, 0.1) is 0 Å². The largest absolute Gasteiger partial charge is 0.323 e. The lowest BCUT2D eigenvalue weighted by molar-refractivity contribution is -0.111. The van der Waals surface area contributed by atoms with Gasteiger partial charge in [-0.3, -0.25) is 9.78 Å². The Balaban J connectivity index is 1.71. The summed E-state index contributed by atoms with van der Waals surface area (Å²) in [4.78, 5) is 20.6. The molecule has 0 radical (unpaired) electrons. The highest BCUT2D eigenvalue weighted by atomic mass is 35.5. The number of anilines is 1. The fourth-order valence-electron chi connectivity index (χ4n) is 1.93. The number of halogens is 1. The predicted octanol–water partition coefficient (Wildman–Crippen LogP) is 3.94. The zero-order valence-corrected chi connectivity index (χ0v) is 12.3. The zero-order valence-electron chi connectivity index (χ0n) is 11.5. The van der Waals surface area contributed by atoms with E-state index >= 15 is 0 Å². The van der Waals surface area contributed by atoms with Gasteiger partial charge in [0, 0.05) is 16.8 Å². The van der Waals surface area contributed by atoms with Crippen molar-refractivity contribution < 1.29 is 4.79 Å². The van der Waals surface area contributed by atoms with Crippen LogP contribution >= 0.6 is 11.6 Å². The number of amides is 1. The average molecular weight is 310 g/mol. The van der Waals surface area contributed by atoms with Gasteiger partial charge in [-0.15, -0.1) is 0 Å². The van der Waals surface area contributed by atoms with Crippen LogP contribution in [0.4, 0.5) is 5.69 Å². The van der Waals surface area contributed by atoms with Gasteiger partial charge in [-0.1, -0.05) is 23.7 Å². The lowest BCUT2D eigenvalue weighted by Gasteiger charge is -2.01. The number of nitrogens with one attached hydrogen (secondary N) is 1. The molecule has 0 atom stereocenters. The Labute approximate surface area is 132 Å². The second-order valence-corrected chi connectivity index (χ2v) is 5.05. The maximum Gasteiger partial charge on any atom is 0.248 e. The fraction of sp³-hybridized carbons (Fsp3) is 0. The molecule has 0 aliphatic carbocycles. The molecule has 0 aliphatic heterocycles. The number of carbonyl (C=O) groups excluding carboxylic acids is 1. The quantitative estimate of drug-likeness (QED) is 0.746. The van der Waals surface area contributed by atoms with Crippen LogP contribution in [0.1, 0.15) is 5.69 Å². The molecule has 1 N–H and O–H groups in total. The summed E-state index contributed by atoms with van der Waals surface area (Å²) >= 11 is 5.80. The van der Waals surface area contributed by atoms with Gasteiger partial charge in [-0.2, -0.15) is 0 Å². The van der Waals surface area contributed by atoms with Crippen molar-refractivity contribution in [2.45, 2.75) is 0 Å². The molecule has 1 amide bonds. The Morgan fingerprint density at radius 3 is 2.55 bits per heavy atom. The molecular formula is C17H12ClN3O. The van der Waals surface area contributed by atoms with E-state index in [9.17, 15) is 4.79 Å². The van der Waals surface area contributed by atoms with E-state index in [1.807, 2.05) is 24.3 Å². The summed E-state index contributed by atoms with van der Waals surface area (Å²) in [6, 6.07) is 14.5. The molecule has 0 saturated heterocycles. The van der Waals surface area contributed by atoms with Crippen molar-refractivity contribution in [3.05, 3.63) is 71.5 Å². The Hall–Kier alpha value is -2.72. The van der Waals surface area contributed by atoms with Gasteiger partial charge in [0.25, 0.3) is 0 Å². The van der Waals surface area contributed by atoms with Crippen LogP contribution in [0.3, 0.4) is 0 Å². The van der Waals surface area contributed by atoms with Crippen molar-refractivity contribution >= 4 is 40.3 Å². The number of fused-ring (bicyclic) bond motifs is 1. The van der Waals surface area contributed by atoms with Crippen LogP contribution in [0.15, 0.2) is 60.8 Å². The molecule has 108 valence electrons. The first-order chi connectivity index (χ1) is 10.7. The average Bonchev–Trinajstić information content (AvgIpc) is 2.55. The summed E-state index contributed by atoms with van der Waals surface area (Å²) in [7, 11) is 0. The number of nitrogens with zero attached hydrogens (tertiary/aromatic N) is 2. The molecule has 2 aromatic carbocycles. The van der Waals surface area contributed by atoms with Crippen molar-refractivity contribution in [1.82, 2.24) is 9.97 Å². The minimum atomic E-state index is -0.239. The van der Waals surface area contributed by atoms with Gasteiger partial charge in [-0.05, 0) is 42.5 Å². The molecule has 1 heterocycles. The summed E-state index contributed by atoms with van der Waals surface area (Å²) in [5.74, 6) is -0.239. The third-order valence-corrected chi connectivity index (χ3v) is 3.24. The number of hydrogen-bond donors (Lipinski definition) is 1. The molecule has 3 rings (SSSR count). The van der Waals surface area contributed by atoms with Crippen LogP contribution in [0.25, 0.3) is 17.1 Å². The van der Waals surface area contributed by atoms with Gasteiger partial charge in [0.15, 0.2) is 0 Å². The van der Waals surface area contributed by atoms with E-state index in [2.05, 4.69) is 15.3 Å². The fourth-order valence-corrected chi connectivity index (χ4v) is 2.06. The van der Waals surface area contributed by atoms with E-state index in [1.165, 1.54) is 6.08 Å². The monoisotopic (exact) mass is 309 g/mol. The highest BCUT2D eigenvalue weighted by Crippen LogP contribution is 2.13. The Morgan fingerprint density at radius 1 is 1.05 bits per heavy atom. The van der Waals surface area contributed by atoms with Crippen LogP contribution < -0.4 is 5.32 Å². The molecule has 0 aliphatic rings.